The molecule has 176 valence electrons. The van der Waals surface area contributed by atoms with Gasteiger partial charge in [0.25, 0.3) is 0 Å². The molecule has 1 saturated heterocycles. The zero-order chi connectivity index (χ0) is 23.7. The summed E-state index contributed by atoms with van der Waals surface area (Å²) >= 11 is 7.38. The van der Waals surface area contributed by atoms with Crippen LogP contribution in [0.4, 0.5) is 5.69 Å². The summed E-state index contributed by atoms with van der Waals surface area (Å²) in [6.07, 6.45) is 1.64. The van der Waals surface area contributed by atoms with E-state index in [0.717, 1.165) is 23.3 Å². The lowest BCUT2D eigenvalue weighted by Gasteiger charge is -2.36. The summed E-state index contributed by atoms with van der Waals surface area (Å²) in [6, 6.07) is 7.02. The number of carbonyl (C=O) groups is 1. The molecule has 9 heteroatoms. The molecule has 0 saturated carbocycles. The molecule has 3 rings (SSSR count). The first-order chi connectivity index (χ1) is 15.0. The van der Waals surface area contributed by atoms with Gasteiger partial charge in [0.05, 0.1) is 11.0 Å². The molecule has 1 N–H and O–H groups in total. The van der Waals surface area contributed by atoms with Gasteiger partial charge in [0, 0.05) is 36.8 Å². The molecule has 1 atom stereocenters. The monoisotopic (exact) mass is 499 g/mol. The van der Waals surface area contributed by atoms with Gasteiger partial charge in [0.2, 0.25) is 0 Å². The fourth-order valence-electron chi connectivity index (χ4n) is 3.88. The van der Waals surface area contributed by atoms with Crippen molar-refractivity contribution in [1.29, 1.82) is 0 Å². The Balaban J connectivity index is 2.21. The van der Waals surface area contributed by atoms with Crippen LogP contribution in [0.1, 0.15) is 53.7 Å². The van der Waals surface area contributed by atoms with Crippen LogP contribution in [-0.4, -0.2) is 37.9 Å². The first-order valence-corrected chi connectivity index (χ1v) is 13.4. The summed E-state index contributed by atoms with van der Waals surface area (Å²) in [7, 11) is -2.22. The third-order valence-corrected chi connectivity index (χ3v) is 10.1. The standard InChI is InChI=1S/C23H31ClNO5PS/c1-15-12-17(24)6-7-19(15)31(28,29-5)25(14-16-8-10-30-11-9-16)18-13-20(23(2,3)4)32-21(18)22(26)27/h6-7,12-13,16H,8-11,14H2,1-5H3,(H,26,27). The average molecular weight is 500 g/mol. The molecule has 6 nitrogen and oxygen atoms in total. The fraction of sp³-hybridized carbons (Fsp3) is 0.522. The number of benzene rings is 1. The number of carboxylic acids is 1. The van der Waals surface area contributed by atoms with Crippen LogP contribution in [-0.2, 0) is 19.2 Å². The van der Waals surface area contributed by atoms with Crippen molar-refractivity contribution in [2.75, 3.05) is 31.5 Å². The topological polar surface area (TPSA) is 76.1 Å². The molecule has 1 aromatic heterocycles. The molecule has 1 aliphatic rings. The lowest BCUT2D eigenvalue weighted by Crippen LogP contribution is -2.35. The highest BCUT2D eigenvalue weighted by Crippen LogP contribution is 2.55. The van der Waals surface area contributed by atoms with Gasteiger partial charge in [-0.3, -0.25) is 9.24 Å². The Morgan fingerprint density at radius 2 is 1.97 bits per heavy atom. The Morgan fingerprint density at radius 1 is 1.31 bits per heavy atom. The lowest BCUT2D eigenvalue weighted by atomic mass is 9.94. The highest BCUT2D eigenvalue weighted by Gasteiger charge is 2.40. The number of halogens is 1. The number of ether oxygens (including phenoxy) is 1. The van der Waals surface area contributed by atoms with Gasteiger partial charge in [-0.25, -0.2) is 4.79 Å². The summed E-state index contributed by atoms with van der Waals surface area (Å²) in [5.41, 5.74) is 0.936. The summed E-state index contributed by atoms with van der Waals surface area (Å²) in [5.74, 6) is -0.826. The van der Waals surface area contributed by atoms with Gasteiger partial charge in [-0.1, -0.05) is 32.4 Å². The van der Waals surface area contributed by atoms with Crippen molar-refractivity contribution in [1.82, 2.24) is 0 Å². The quantitative estimate of drug-likeness (QED) is 0.463. The highest BCUT2D eigenvalue weighted by atomic mass is 35.5. The average Bonchev–Trinajstić information content (AvgIpc) is 3.18. The van der Waals surface area contributed by atoms with Crippen molar-refractivity contribution >= 4 is 47.4 Å². The van der Waals surface area contributed by atoms with E-state index in [1.807, 2.05) is 33.8 Å². The number of thiophene rings is 1. The molecule has 0 radical (unpaired) electrons. The first kappa shape index (κ1) is 25.3. The van der Waals surface area contributed by atoms with Crippen molar-refractivity contribution < 1.29 is 23.7 Å². The molecular weight excluding hydrogens is 469 g/mol. The second kappa shape index (κ2) is 9.86. The maximum absolute atomic E-state index is 14.6. The number of rotatable bonds is 7. The minimum absolute atomic E-state index is 0.172. The zero-order valence-corrected chi connectivity index (χ0v) is 21.6. The molecular formula is C23H31ClNO5PS. The second-order valence-electron chi connectivity index (χ2n) is 9.15. The van der Waals surface area contributed by atoms with Gasteiger partial charge in [0.15, 0.2) is 0 Å². The van der Waals surface area contributed by atoms with Crippen molar-refractivity contribution in [2.45, 2.75) is 46.0 Å². The van der Waals surface area contributed by atoms with E-state index in [2.05, 4.69) is 0 Å². The van der Waals surface area contributed by atoms with E-state index in [0.29, 0.717) is 35.8 Å². The predicted octanol–water partition coefficient (Wildman–Crippen LogP) is 6.10. The summed E-state index contributed by atoms with van der Waals surface area (Å²) in [4.78, 5) is 13.3. The molecule has 1 unspecified atom stereocenters. The third kappa shape index (κ3) is 5.23. The largest absolute Gasteiger partial charge is 0.477 e. The Morgan fingerprint density at radius 3 is 2.50 bits per heavy atom. The number of aromatic carboxylic acids is 1. The van der Waals surface area contributed by atoms with Crippen molar-refractivity contribution in [3.8, 4) is 0 Å². The highest BCUT2D eigenvalue weighted by molar-refractivity contribution is 7.68. The van der Waals surface area contributed by atoms with Gasteiger partial charge in [-0.05, 0) is 60.9 Å². The number of anilines is 1. The van der Waals surface area contributed by atoms with Gasteiger partial charge >= 0.3 is 13.5 Å². The van der Waals surface area contributed by atoms with E-state index in [-0.39, 0.29) is 16.2 Å². The molecule has 0 spiro atoms. The molecule has 0 bridgehead atoms. The van der Waals surface area contributed by atoms with Crippen molar-refractivity contribution in [2.24, 2.45) is 5.92 Å². The number of aryl methyl sites for hydroxylation is 1. The number of hydrogen-bond acceptors (Lipinski definition) is 5. The van der Waals surface area contributed by atoms with Gasteiger partial charge in [-0.15, -0.1) is 11.3 Å². The van der Waals surface area contributed by atoms with Crippen LogP contribution in [0.2, 0.25) is 5.02 Å². The maximum Gasteiger partial charge on any atom is 0.348 e. The van der Waals surface area contributed by atoms with E-state index in [1.54, 1.807) is 22.9 Å². The molecule has 1 aliphatic heterocycles. The van der Waals surface area contributed by atoms with E-state index >= 15 is 0 Å². The molecule has 32 heavy (non-hydrogen) atoms. The zero-order valence-electron chi connectivity index (χ0n) is 19.2. The van der Waals surface area contributed by atoms with E-state index in [4.69, 9.17) is 20.9 Å². The molecule has 1 fully saturated rings. The molecule has 0 amide bonds. The van der Waals surface area contributed by atoms with Crippen LogP contribution >= 0.6 is 30.5 Å². The minimum atomic E-state index is -3.64. The van der Waals surface area contributed by atoms with E-state index in [1.165, 1.54) is 18.4 Å². The summed E-state index contributed by atoms with van der Waals surface area (Å²) < 4.78 is 27.5. The van der Waals surface area contributed by atoms with Gasteiger partial charge in [-0.2, -0.15) is 0 Å². The normalized spacial score (nSPS) is 17.2. The van der Waals surface area contributed by atoms with Crippen LogP contribution in [0, 0.1) is 12.8 Å². The van der Waals surface area contributed by atoms with Crippen molar-refractivity contribution in [3.63, 3.8) is 0 Å². The first-order valence-electron chi connectivity index (χ1n) is 10.6. The van der Waals surface area contributed by atoms with Gasteiger partial charge in [0.1, 0.15) is 4.88 Å². The Hall–Kier alpha value is -1.37. The lowest BCUT2D eigenvalue weighted by molar-refractivity contribution is 0.0683. The van der Waals surface area contributed by atoms with Crippen LogP contribution in [0.3, 0.4) is 0 Å². The van der Waals surface area contributed by atoms with Crippen molar-refractivity contribution in [3.05, 3.63) is 44.6 Å². The summed E-state index contributed by atoms with van der Waals surface area (Å²) in [5, 5.41) is 11.1. The molecule has 1 aromatic carbocycles. The number of carboxylic acid groups (broad SMARTS) is 1. The second-order valence-corrected chi connectivity index (χ2v) is 13.0. The fourth-order valence-corrected chi connectivity index (χ4v) is 7.55. The van der Waals surface area contributed by atoms with E-state index in [9.17, 15) is 14.5 Å². The molecule has 2 heterocycles. The molecule has 2 aromatic rings. The Bertz CT molecular complexity index is 1030. The summed E-state index contributed by atoms with van der Waals surface area (Å²) in [6.45, 7) is 9.64. The maximum atomic E-state index is 14.6. The smallest absolute Gasteiger partial charge is 0.348 e. The Labute approximate surface area is 199 Å². The van der Waals surface area contributed by atoms with E-state index < -0.39 is 13.5 Å². The van der Waals surface area contributed by atoms with Crippen LogP contribution in [0.15, 0.2) is 24.3 Å². The SMILES string of the molecule is COP(=O)(c1ccc(Cl)cc1C)N(CC1CCOCC1)c1cc(C(C)(C)C)sc1C(=O)O. The predicted molar refractivity (Wildman–Crippen MR) is 131 cm³/mol. The van der Waals surface area contributed by atoms with Crippen LogP contribution in [0.5, 0.6) is 0 Å². The van der Waals surface area contributed by atoms with Crippen LogP contribution in [0.25, 0.3) is 0 Å². The number of nitrogens with zero attached hydrogens (tertiary/aromatic N) is 1. The van der Waals surface area contributed by atoms with Gasteiger partial charge < -0.3 is 14.4 Å². The number of hydrogen-bond donors (Lipinski definition) is 1. The minimum Gasteiger partial charge on any atom is -0.477 e. The van der Waals surface area contributed by atoms with Crippen LogP contribution < -0.4 is 9.97 Å². The third-order valence-electron chi connectivity index (χ3n) is 5.72. The molecule has 0 aliphatic carbocycles. The Kier molecular flexibility index (Phi) is 7.78.